The molecule has 42 valence electrons. The highest BCUT2D eigenvalue weighted by molar-refractivity contribution is 7.99. The molecule has 0 radical (unpaired) electrons. The Balaban J connectivity index is 2.12. The molecule has 0 saturated carbocycles. The predicted octanol–water partition coefficient (Wildman–Crippen LogP) is 1.14. The largest absolute Gasteiger partial charge is 0.377 e. The van der Waals surface area contributed by atoms with E-state index in [9.17, 15) is 0 Å². The minimum absolute atomic E-state index is 0.499. The lowest BCUT2D eigenvalue weighted by molar-refractivity contribution is 0.0892. The van der Waals surface area contributed by atoms with Gasteiger partial charge < -0.3 is 4.74 Å². The van der Waals surface area contributed by atoms with Crippen LogP contribution in [0.5, 0.6) is 0 Å². The Labute approximate surface area is 48.4 Å². The molecule has 0 aromatic heterocycles. The maximum atomic E-state index is 5.26. The summed E-state index contributed by atoms with van der Waals surface area (Å²) in [4.78, 5) is 0. The average Bonchev–Trinajstić information content (AvgIpc) is 1.69. The van der Waals surface area contributed by atoms with Crippen molar-refractivity contribution >= 4 is 11.8 Å². The van der Waals surface area contributed by atoms with Gasteiger partial charge in [-0.25, -0.2) is 0 Å². The monoisotopic (exact) mass is 118 g/mol. The van der Waals surface area contributed by atoms with Crippen molar-refractivity contribution in [1.29, 1.82) is 0 Å². The van der Waals surface area contributed by atoms with Crippen molar-refractivity contribution in [2.75, 3.05) is 18.1 Å². The van der Waals surface area contributed by atoms with Crippen LogP contribution in [0.2, 0.25) is 0 Å². The van der Waals surface area contributed by atoms with E-state index in [-0.39, 0.29) is 0 Å². The second-order valence-corrected chi connectivity index (χ2v) is 2.91. The highest BCUT2D eigenvalue weighted by Gasteiger charge is 2.06. The molecule has 1 atom stereocenters. The number of ether oxygens (including phenoxy) is 1. The lowest BCUT2D eigenvalue weighted by Crippen LogP contribution is -2.18. The van der Waals surface area contributed by atoms with Crippen LogP contribution in [-0.2, 0) is 4.74 Å². The van der Waals surface area contributed by atoms with Gasteiger partial charge in [0.15, 0.2) is 0 Å². The summed E-state index contributed by atoms with van der Waals surface area (Å²) < 4.78 is 5.26. The summed E-state index contributed by atoms with van der Waals surface area (Å²) in [6, 6.07) is 0. The fourth-order valence-electron chi connectivity index (χ4n) is 0.606. The van der Waals surface area contributed by atoms with Gasteiger partial charge in [-0.3, -0.25) is 0 Å². The van der Waals surface area contributed by atoms with Crippen molar-refractivity contribution in [3.05, 3.63) is 0 Å². The third-order valence-electron chi connectivity index (χ3n) is 0.983. The summed E-state index contributed by atoms with van der Waals surface area (Å²) in [7, 11) is 0. The molecule has 7 heavy (non-hydrogen) atoms. The molecule has 1 aliphatic heterocycles. The second kappa shape index (κ2) is 2.58. The van der Waals surface area contributed by atoms with E-state index in [0.29, 0.717) is 6.10 Å². The minimum atomic E-state index is 0.499. The molecule has 1 heterocycles. The molecule has 1 fully saturated rings. The summed E-state index contributed by atoms with van der Waals surface area (Å²) in [5.74, 6) is 2.37. The first-order chi connectivity index (χ1) is 3.39. The zero-order valence-corrected chi connectivity index (χ0v) is 5.33. The van der Waals surface area contributed by atoms with Crippen LogP contribution in [0.3, 0.4) is 0 Å². The maximum Gasteiger partial charge on any atom is 0.0637 e. The Bertz CT molecular complexity index is 50.0. The quantitative estimate of drug-likeness (QED) is 0.471. The Kier molecular flexibility index (Phi) is 2.00. The standard InChI is InChI=1S/C5H10OS/c1-5-4-7-3-2-6-5/h5H,2-4H2,1H3. The summed E-state index contributed by atoms with van der Waals surface area (Å²) in [6.07, 6.45) is 0.499. The molecule has 1 unspecified atom stereocenters. The molecule has 0 aliphatic carbocycles. The van der Waals surface area contributed by atoms with E-state index in [0.717, 1.165) is 6.61 Å². The van der Waals surface area contributed by atoms with Crippen molar-refractivity contribution in [1.82, 2.24) is 0 Å². The van der Waals surface area contributed by atoms with Gasteiger partial charge in [0.25, 0.3) is 0 Å². The molecule has 2 heteroatoms. The molecule has 1 rings (SSSR count). The van der Waals surface area contributed by atoms with E-state index in [4.69, 9.17) is 4.74 Å². The van der Waals surface area contributed by atoms with E-state index in [2.05, 4.69) is 6.92 Å². The Morgan fingerprint density at radius 2 is 2.57 bits per heavy atom. The first-order valence-corrected chi connectivity index (χ1v) is 3.74. The van der Waals surface area contributed by atoms with Gasteiger partial charge in [-0.2, -0.15) is 11.8 Å². The predicted molar refractivity (Wildman–Crippen MR) is 32.7 cm³/mol. The Hall–Kier alpha value is 0.310. The number of rotatable bonds is 0. The molecule has 0 aromatic rings. The third-order valence-corrected chi connectivity index (χ3v) is 2.14. The van der Waals surface area contributed by atoms with Gasteiger partial charge in [0.2, 0.25) is 0 Å². The molecule has 1 nitrogen and oxygen atoms in total. The molecule has 0 aromatic carbocycles. The fourth-order valence-corrected chi connectivity index (χ4v) is 1.41. The van der Waals surface area contributed by atoms with Crippen molar-refractivity contribution in [2.24, 2.45) is 0 Å². The van der Waals surface area contributed by atoms with Crippen molar-refractivity contribution < 1.29 is 4.74 Å². The van der Waals surface area contributed by atoms with Crippen LogP contribution in [0.1, 0.15) is 6.92 Å². The molecule has 1 aliphatic rings. The van der Waals surface area contributed by atoms with E-state index < -0.39 is 0 Å². The summed E-state index contributed by atoms with van der Waals surface area (Å²) in [5.41, 5.74) is 0. The topological polar surface area (TPSA) is 9.23 Å². The number of thioether (sulfide) groups is 1. The molecular weight excluding hydrogens is 108 g/mol. The zero-order chi connectivity index (χ0) is 5.11. The van der Waals surface area contributed by atoms with E-state index >= 15 is 0 Å². The Morgan fingerprint density at radius 3 is 2.86 bits per heavy atom. The molecular formula is C5H10OS. The first kappa shape index (κ1) is 5.45. The molecule has 0 spiro atoms. The molecule has 0 N–H and O–H groups in total. The lowest BCUT2D eigenvalue weighted by Gasteiger charge is -2.17. The zero-order valence-electron chi connectivity index (χ0n) is 4.52. The second-order valence-electron chi connectivity index (χ2n) is 1.76. The maximum absolute atomic E-state index is 5.26. The van der Waals surface area contributed by atoms with Crippen LogP contribution in [0.4, 0.5) is 0 Å². The normalized spacial score (nSPS) is 33.0. The molecule has 0 amide bonds. The first-order valence-electron chi connectivity index (χ1n) is 2.59. The van der Waals surface area contributed by atoms with Gasteiger partial charge >= 0.3 is 0 Å². The fraction of sp³-hybridized carbons (Fsp3) is 1.00. The number of hydrogen-bond donors (Lipinski definition) is 0. The lowest BCUT2D eigenvalue weighted by atomic mass is 10.5. The van der Waals surface area contributed by atoms with Crippen LogP contribution in [-0.4, -0.2) is 24.2 Å². The smallest absolute Gasteiger partial charge is 0.0637 e. The van der Waals surface area contributed by atoms with Crippen LogP contribution in [0, 0.1) is 0 Å². The van der Waals surface area contributed by atoms with E-state index in [1.165, 1.54) is 11.5 Å². The van der Waals surface area contributed by atoms with Crippen molar-refractivity contribution in [2.45, 2.75) is 13.0 Å². The summed E-state index contributed by atoms with van der Waals surface area (Å²) in [6.45, 7) is 3.07. The summed E-state index contributed by atoms with van der Waals surface area (Å²) >= 11 is 1.98. The minimum Gasteiger partial charge on any atom is -0.377 e. The van der Waals surface area contributed by atoms with Gasteiger partial charge in [-0.1, -0.05) is 0 Å². The van der Waals surface area contributed by atoms with Crippen molar-refractivity contribution in [3.63, 3.8) is 0 Å². The SMILES string of the molecule is CC1CSCCO1. The van der Waals surface area contributed by atoms with Crippen molar-refractivity contribution in [3.8, 4) is 0 Å². The third kappa shape index (κ3) is 1.70. The summed E-state index contributed by atoms with van der Waals surface area (Å²) in [5, 5.41) is 0. The molecule has 0 bridgehead atoms. The molecule has 1 saturated heterocycles. The number of hydrogen-bond acceptors (Lipinski definition) is 2. The van der Waals surface area contributed by atoms with Crippen LogP contribution < -0.4 is 0 Å². The Morgan fingerprint density at radius 1 is 1.71 bits per heavy atom. The van der Waals surface area contributed by atoms with Crippen LogP contribution >= 0.6 is 11.8 Å². The highest BCUT2D eigenvalue weighted by atomic mass is 32.2. The average molecular weight is 118 g/mol. The van der Waals surface area contributed by atoms with E-state index in [1.807, 2.05) is 11.8 Å². The highest BCUT2D eigenvalue weighted by Crippen LogP contribution is 2.10. The van der Waals surface area contributed by atoms with Gasteiger partial charge in [0.1, 0.15) is 0 Å². The van der Waals surface area contributed by atoms with Crippen LogP contribution in [0.25, 0.3) is 0 Å². The van der Waals surface area contributed by atoms with Gasteiger partial charge in [-0.15, -0.1) is 0 Å². The van der Waals surface area contributed by atoms with Gasteiger partial charge in [-0.05, 0) is 6.92 Å². The van der Waals surface area contributed by atoms with Gasteiger partial charge in [0, 0.05) is 11.5 Å². The van der Waals surface area contributed by atoms with E-state index in [1.54, 1.807) is 0 Å². The van der Waals surface area contributed by atoms with Crippen LogP contribution in [0.15, 0.2) is 0 Å². The van der Waals surface area contributed by atoms with Gasteiger partial charge in [0.05, 0.1) is 12.7 Å².